The molecule has 0 fully saturated rings. The van der Waals surface area contributed by atoms with E-state index in [-0.39, 0.29) is 26.8 Å². The van der Waals surface area contributed by atoms with E-state index in [0.717, 1.165) is 4.88 Å². The number of hydrogen-bond acceptors (Lipinski definition) is 7. The van der Waals surface area contributed by atoms with Crippen molar-refractivity contribution in [2.45, 2.75) is 9.79 Å². The average Bonchev–Trinajstić information content (AvgIpc) is 3.37. The van der Waals surface area contributed by atoms with Gasteiger partial charge in [0, 0.05) is 4.88 Å². The molecule has 3 aromatic heterocycles. The summed E-state index contributed by atoms with van der Waals surface area (Å²) in [4.78, 5) is 10.1. The maximum Gasteiger partial charge on any atom is 0.212 e. The summed E-state index contributed by atoms with van der Waals surface area (Å²) in [5, 5.41) is 6.35. The monoisotopic (exact) mass is 433 g/mol. The van der Waals surface area contributed by atoms with E-state index < -0.39 is 9.84 Å². The Bertz CT molecular complexity index is 1510. The van der Waals surface area contributed by atoms with Crippen molar-refractivity contribution in [3.05, 3.63) is 77.0 Å². The van der Waals surface area contributed by atoms with Gasteiger partial charge in [0.05, 0.1) is 22.1 Å². The summed E-state index contributed by atoms with van der Waals surface area (Å²) in [5.41, 5.74) is 8.02. The lowest BCUT2D eigenvalue weighted by Crippen LogP contribution is -2.06. The largest absolute Gasteiger partial charge is 0.382 e. The first-order valence-corrected chi connectivity index (χ1v) is 11.4. The molecule has 0 radical (unpaired) electrons. The Balaban J connectivity index is 1.84. The summed E-state index contributed by atoms with van der Waals surface area (Å²) in [7, 11) is -3.94. The minimum absolute atomic E-state index is 0.0306. The zero-order chi connectivity index (χ0) is 20.7. The van der Waals surface area contributed by atoms with Crippen LogP contribution in [0.2, 0.25) is 0 Å². The number of thiophene rings is 1. The maximum atomic E-state index is 13.4. The molecule has 2 aromatic carbocycles. The van der Waals surface area contributed by atoms with Crippen molar-refractivity contribution in [1.82, 2.24) is 14.6 Å². The topological polar surface area (TPSA) is 103 Å². The van der Waals surface area contributed by atoms with Gasteiger partial charge in [0.1, 0.15) is 16.2 Å². The summed E-state index contributed by atoms with van der Waals surface area (Å²) < 4.78 is 28.2. The number of nitrogens with two attached hydrogens (primary N) is 1. The summed E-state index contributed by atoms with van der Waals surface area (Å²) >= 11 is 1.51. The summed E-state index contributed by atoms with van der Waals surface area (Å²) in [6.07, 6.45) is 1.62. The molecule has 7 nitrogen and oxygen atoms in total. The van der Waals surface area contributed by atoms with Crippen LogP contribution in [0.25, 0.3) is 22.2 Å². The molecule has 0 aliphatic carbocycles. The normalized spacial score (nSPS) is 12.3. The van der Waals surface area contributed by atoms with Crippen LogP contribution in [-0.2, 0) is 9.84 Å². The molecule has 0 saturated carbocycles. The minimum atomic E-state index is -3.94. The summed E-state index contributed by atoms with van der Waals surface area (Å²) in [6, 6.07) is 19.2. The standard InChI is InChI=1S/C21H15N5O2S2/c22-20-19(30(27,28)15-8-2-1-3-9-15)18-21(25-17-11-5-4-10-16(17)24-18)26(20)23-13-14-7-6-12-29-14/h1-13H,22H2/b23-13+. The Kier molecular flexibility index (Phi) is 4.34. The van der Waals surface area contributed by atoms with Gasteiger partial charge in [-0.05, 0) is 35.7 Å². The van der Waals surface area contributed by atoms with E-state index in [1.807, 2.05) is 35.7 Å². The van der Waals surface area contributed by atoms with Crippen molar-refractivity contribution in [3.8, 4) is 0 Å². The Labute approximate surface area is 176 Å². The number of benzene rings is 2. The van der Waals surface area contributed by atoms with Gasteiger partial charge in [-0.25, -0.2) is 18.4 Å². The molecule has 9 heteroatoms. The van der Waals surface area contributed by atoms with Gasteiger partial charge in [0.15, 0.2) is 5.65 Å². The smallest absolute Gasteiger partial charge is 0.212 e. The highest BCUT2D eigenvalue weighted by atomic mass is 32.2. The number of anilines is 1. The first kappa shape index (κ1) is 18.5. The number of fused-ring (bicyclic) bond motifs is 2. The van der Waals surface area contributed by atoms with Gasteiger partial charge in [0.25, 0.3) is 0 Å². The van der Waals surface area contributed by atoms with Crippen molar-refractivity contribution in [3.63, 3.8) is 0 Å². The van der Waals surface area contributed by atoms with E-state index in [0.29, 0.717) is 11.0 Å². The first-order valence-electron chi connectivity index (χ1n) is 9.00. The molecule has 5 rings (SSSR count). The fraction of sp³-hybridized carbons (Fsp3) is 0. The molecule has 0 aliphatic rings. The third-order valence-electron chi connectivity index (χ3n) is 4.59. The van der Waals surface area contributed by atoms with Crippen LogP contribution in [0.1, 0.15) is 4.88 Å². The molecule has 0 spiro atoms. The molecular formula is C21H15N5O2S2. The van der Waals surface area contributed by atoms with Gasteiger partial charge < -0.3 is 5.73 Å². The number of nitrogen functional groups attached to an aromatic ring is 1. The lowest BCUT2D eigenvalue weighted by molar-refractivity contribution is 0.597. The molecule has 0 amide bonds. The first-order chi connectivity index (χ1) is 14.6. The summed E-state index contributed by atoms with van der Waals surface area (Å²) in [5.74, 6) is -0.0306. The highest BCUT2D eigenvalue weighted by Gasteiger charge is 2.30. The second-order valence-corrected chi connectivity index (χ2v) is 9.35. The molecule has 3 heterocycles. The van der Waals surface area contributed by atoms with Crippen LogP contribution >= 0.6 is 11.3 Å². The van der Waals surface area contributed by atoms with E-state index in [1.54, 1.807) is 30.5 Å². The number of hydrogen-bond donors (Lipinski definition) is 1. The van der Waals surface area contributed by atoms with Crippen LogP contribution in [0.15, 0.2) is 87.0 Å². The highest BCUT2D eigenvalue weighted by molar-refractivity contribution is 7.92. The molecule has 2 N–H and O–H groups in total. The van der Waals surface area contributed by atoms with E-state index in [4.69, 9.17) is 5.73 Å². The van der Waals surface area contributed by atoms with E-state index in [1.165, 1.54) is 28.1 Å². The fourth-order valence-electron chi connectivity index (χ4n) is 3.20. The molecule has 0 bridgehead atoms. The summed E-state index contributed by atoms with van der Waals surface area (Å²) in [6.45, 7) is 0. The highest BCUT2D eigenvalue weighted by Crippen LogP contribution is 2.35. The number of nitrogens with zero attached hydrogens (tertiary/aromatic N) is 4. The number of rotatable bonds is 4. The zero-order valence-electron chi connectivity index (χ0n) is 15.5. The van der Waals surface area contributed by atoms with Crippen LogP contribution in [0.5, 0.6) is 0 Å². The zero-order valence-corrected chi connectivity index (χ0v) is 17.1. The van der Waals surface area contributed by atoms with Crippen LogP contribution in [0.3, 0.4) is 0 Å². The molecule has 30 heavy (non-hydrogen) atoms. The lowest BCUT2D eigenvalue weighted by atomic mass is 10.3. The van der Waals surface area contributed by atoms with Crippen LogP contribution in [0, 0.1) is 0 Å². The Morgan fingerprint density at radius 2 is 1.63 bits per heavy atom. The van der Waals surface area contributed by atoms with Crippen molar-refractivity contribution in [2.75, 3.05) is 5.73 Å². The molecule has 5 aromatic rings. The van der Waals surface area contributed by atoms with Gasteiger partial charge in [-0.3, -0.25) is 0 Å². The molecular weight excluding hydrogens is 418 g/mol. The molecule has 0 aliphatic heterocycles. The van der Waals surface area contributed by atoms with Gasteiger partial charge >= 0.3 is 0 Å². The van der Waals surface area contributed by atoms with Gasteiger partial charge in [-0.1, -0.05) is 36.4 Å². The second kappa shape index (κ2) is 7.05. The fourth-order valence-corrected chi connectivity index (χ4v) is 5.28. The predicted molar refractivity (Wildman–Crippen MR) is 119 cm³/mol. The molecule has 0 saturated heterocycles. The Morgan fingerprint density at radius 1 is 0.933 bits per heavy atom. The Morgan fingerprint density at radius 3 is 2.33 bits per heavy atom. The Hall–Kier alpha value is -3.56. The third-order valence-corrected chi connectivity index (χ3v) is 7.23. The van der Waals surface area contributed by atoms with Crippen molar-refractivity contribution in [1.29, 1.82) is 0 Å². The SMILES string of the molecule is Nc1c(S(=O)(=O)c2ccccc2)c2nc3ccccc3nc2n1/N=C/c1cccs1. The number of sulfone groups is 1. The van der Waals surface area contributed by atoms with Crippen LogP contribution < -0.4 is 5.73 Å². The molecule has 0 unspecified atom stereocenters. The van der Waals surface area contributed by atoms with E-state index >= 15 is 0 Å². The average molecular weight is 434 g/mol. The van der Waals surface area contributed by atoms with Crippen molar-refractivity contribution >= 4 is 55.4 Å². The van der Waals surface area contributed by atoms with Crippen LogP contribution in [0.4, 0.5) is 5.82 Å². The van der Waals surface area contributed by atoms with Gasteiger partial charge in [-0.2, -0.15) is 9.78 Å². The van der Waals surface area contributed by atoms with Crippen molar-refractivity contribution in [2.24, 2.45) is 5.10 Å². The maximum absolute atomic E-state index is 13.4. The number of aromatic nitrogens is 3. The minimum Gasteiger partial charge on any atom is -0.382 e. The second-order valence-electron chi connectivity index (χ2n) is 6.49. The van der Waals surface area contributed by atoms with E-state index in [2.05, 4.69) is 15.1 Å². The van der Waals surface area contributed by atoms with Crippen molar-refractivity contribution < 1.29 is 8.42 Å². The third kappa shape index (κ3) is 2.95. The van der Waals surface area contributed by atoms with Gasteiger partial charge in [-0.15, -0.1) is 11.3 Å². The lowest BCUT2D eigenvalue weighted by Gasteiger charge is -2.04. The van der Waals surface area contributed by atoms with Crippen LogP contribution in [-0.4, -0.2) is 29.3 Å². The number of para-hydroxylation sites is 2. The molecule has 148 valence electrons. The predicted octanol–water partition coefficient (Wildman–Crippen LogP) is 3.94. The quantitative estimate of drug-likeness (QED) is 0.432. The van der Waals surface area contributed by atoms with Gasteiger partial charge in [0.2, 0.25) is 9.84 Å². The van der Waals surface area contributed by atoms with E-state index in [9.17, 15) is 8.42 Å². The molecule has 0 atom stereocenters.